The molecule has 3 nitrogen and oxygen atoms in total. The molecule has 1 aromatic rings. The average molecular weight is 381 g/mol. The third kappa shape index (κ3) is 5.04. The molecule has 0 spiro atoms. The van der Waals surface area contributed by atoms with E-state index in [2.05, 4.69) is 4.99 Å². The molecule has 0 aromatic heterocycles. The molecule has 1 aromatic carbocycles. The maximum Gasteiger partial charge on any atom is 0.416 e. The van der Waals surface area contributed by atoms with Crippen LogP contribution in [0.15, 0.2) is 23.2 Å². The number of aliphatic imine (C=N–C) groups is 1. The van der Waals surface area contributed by atoms with Crippen molar-refractivity contribution in [1.29, 1.82) is 0 Å². The number of nitrogens with zero attached hydrogens (tertiary/aromatic N) is 2. The molecular formula is C17H21F6N3. The molecule has 2 N–H and O–H groups in total. The van der Waals surface area contributed by atoms with Gasteiger partial charge in [0.2, 0.25) is 0 Å². The highest BCUT2D eigenvalue weighted by Gasteiger charge is 2.37. The largest absolute Gasteiger partial charge is 0.416 e. The molecule has 0 fully saturated rings. The summed E-state index contributed by atoms with van der Waals surface area (Å²) in [7, 11) is 0. The lowest BCUT2D eigenvalue weighted by atomic mass is 10.0. The quantitative estimate of drug-likeness (QED) is 0.740. The fourth-order valence-corrected chi connectivity index (χ4v) is 2.97. The monoisotopic (exact) mass is 381 g/mol. The highest BCUT2D eigenvalue weighted by atomic mass is 19.4. The Kier molecular flexibility index (Phi) is 6.08. The number of unbranched alkanes of at least 4 members (excludes halogenated alkanes) is 1. The first-order valence-electron chi connectivity index (χ1n) is 8.37. The molecule has 0 amide bonds. The number of nitrogens with two attached hydrogens (primary N) is 1. The molecule has 0 unspecified atom stereocenters. The zero-order valence-electron chi connectivity index (χ0n) is 14.3. The molecule has 0 radical (unpaired) electrons. The maximum atomic E-state index is 12.9. The van der Waals surface area contributed by atoms with E-state index in [1.807, 2.05) is 6.92 Å². The zero-order chi connectivity index (χ0) is 19.5. The predicted molar refractivity (Wildman–Crippen MR) is 86.7 cm³/mol. The molecule has 1 aliphatic rings. The van der Waals surface area contributed by atoms with Gasteiger partial charge < -0.3 is 10.6 Å². The summed E-state index contributed by atoms with van der Waals surface area (Å²) in [5.74, 6) is 0.286. The predicted octanol–water partition coefficient (Wildman–Crippen LogP) is 4.46. The average Bonchev–Trinajstić information content (AvgIpc) is 2.89. The van der Waals surface area contributed by atoms with Gasteiger partial charge in [-0.2, -0.15) is 26.3 Å². The smallest absolute Gasteiger partial charge is 0.370 e. The fourth-order valence-electron chi connectivity index (χ4n) is 2.97. The van der Waals surface area contributed by atoms with Gasteiger partial charge in [-0.1, -0.05) is 19.8 Å². The summed E-state index contributed by atoms with van der Waals surface area (Å²) < 4.78 is 77.5. The summed E-state index contributed by atoms with van der Waals surface area (Å²) in [5, 5.41) is 0. The second-order valence-corrected chi connectivity index (χ2v) is 6.35. The minimum absolute atomic E-state index is 0.0197. The van der Waals surface area contributed by atoms with Crippen LogP contribution in [0.2, 0.25) is 0 Å². The van der Waals surface area contributed by atoms with Crippen LogP contribution in [0.5, 0.6) is 0 Å². The summed E-state index contributed by atoms with van der Waals surface area (Å²) in [6.07, 6.45) is -6.90. The second-order valence-electron chi connectivity index (χ2n) is 6.35. The van der Waals surface area contributed by atoms with E-state index in [1.54, 1.807) is 4.90 Å². The Hall–Kier alpha value is -1.93. The van der Waals surface area contributed by atoms with E-state index >= 15 is 0 Å². The van der Waals surface area contributed by atoms with Gasteiger partial charge in [0.15, 0.2) is 5.96 Å². The minimum atomic E-state index is -4.84. The highest BCUT2D eigenvalue weighted by Crippen LogP contribution is 2.36. The summed E-state index contributed by atoms with van der Waals surface area (Å²) in [6.45, 7) is 2.76. The first-order valence-corrected chi connectivity index (χ1v) is 8.37. The van der Waals surface area contributed by atoms with Crippen LogP contribution in [0.25, 0.3) is 0 Å². The van der Waals surface area contributed by atoms with Crippen molar-refractivity contribution in [3.8, 4) is 0 Å². The first-order chi connectivity index (χ1) is 12.0. The summed E-state index contributed by atoms with van der Waals surface area (Å²) in [5.41, 5.74) is 3.20. The zero-order valence-corrected chi connectivity index (χ0v) is 14.3. The molecule has 9 heteroatoms. The van der Waals surface area contributed by atoms with Gasteiger partial charge in [0.25, 0.3) is 0 Å². The molecule has 146 valence electrons. The van der Waals surface area contributed by atoms with Crippen LogP contribution >= 0.6 is 0 Å². The van der Waals surface area contributed by atoms with Crippen molar-refractivity contribution < 1.29 is 26.3 Å². The summed E-state index contributed by atoms with van der Waals surface area (Å²) in [4.78, 5) is 5.91. The van der Waals surface area contributed by atoms with E-state index in [0.717, 1.165) is 31.4 Å². The van der Waals surface area contributed by atoms with Crippen molar-refractivity contribution in [2.24, 2.45) is 10.7 Å². The lowest BCUT2D eigenvalue weighted by Crippen LogP contribution is -2.41. The standard InChI is InChI=1S/C17H21F6N3/c1-2-3-4-14-10-25-15(24)26(14)6-5-11-7-12(16(18,19)20)9-13(8-11)17(21,22)23/h7-9,14H,2-6,10H2,1H3,(H2,24,25)/t14-/m1/s1. The molecule has 0 bridgehead atoms. The Morgan fingerprint density at radius 1 is 1.08 bits per heavy atom. The molecule has 1 atom stereocenters. The Morgan fingerprint density at radius 2 is 1.65 bits per heavy atom. The second kappa shape index (κ2) is 7.75. The topological polar surface area (TPSA) is 41.6 Å². The van der Waals surface area contributed by atoms with Crippen molar-refractivity contribution in [1.82, 2.24) is 4.90 Å². The molecule has 1 heterocycles. The molecule has 0 saturated heterocycles. The lowest BCUT2D eigenvalue weighted by Gasteiger charge is -2.26. The molecular weight excluding hydrogens is 360 g/mol. The minimum Gasteiger partial charge on any atom is -0.370 e. The third-order valence-corrected chi connectivity index (χ3v) is 4.38. The van der Waals surface area contributed by atoms with E-state index in [4.69, 9.17) is 5.73 Å². The van der Waals surface area contributed by atoms with Crippen LogP contribution in [-0.4, -0.2) is 30.0 Å². The highest BCUT2D eigenvalue weighted by molar-refractivity contribution is 5.80. The fraction of sp³-hybridized carbons (Fsp3) is 0.588. The van der Waals surface area contributed by atoms with E-state index in [-0.39, 0.29) is 36.6 Å². The number of benzene rings is 1. The van der Waals surface area contributed by atoms with Crippen molar-refractivity contribution >= 4 is 5.96 Å². The number of alkyl halides is 6. The number of halogens is 6. The van der Waals surface area contributed by atoms with Crippen LogP contribution in [0.1, 0.15) is 42.9 Å². The Balaban J connectivity index is 2.19. The van der Waals surface area contributed by atoms with Crippen LogP contribution in [0.3, 0.4) is 0 Å². The van der Waals surface area contributed by atoms with Gasteiger partial charge >= 0.3 is 12.4 Å². The van der Waals surface area contributed by atoms with Gasteiger partial charge in [-0.05, 0) is 36.6 Å². The summed E-state index contributed by atoms with van der Waals surface area (Å²) >= 11 is 0. The summed E-state index contributed by atoms with van der Waals surface area (Å²) in [6, 6.07) is 1.71. The Bertz CT molecular complexity index is 619. The van der Waals surface area contributed by atoms with Crippen LogP contribution < -0.4 is 5.73 Å². The van der Waals surface area contributed by atoms with Gasteiger partial charge in [0, 0.05) is 6.54 Å². The third-order valence-electron chi connectivity index (χ3n) is 4.38. The SMILES string of the molecule is CCCC[C@@H]1CN=C(N)N1CCc1cc(C(F)(F)F)cc(C(F)(F)F)c1. The van der Waals surface area contributed by atoms with Gasteiger partial charge in [-0.25, -0.2) is 0 Å². The van der Waals surface area contributed by atoms with Crippen molar-refractivity contribution in [2.75, 3.05) is 13.1 Å². The van der Waals surface area contributed by atoms with E-state index in [9.17, 15) is 26.3 Å². The molecule has 0 saturated carbocycles. The maximum absolute atomic E-state index is 12.9. The lowest BCUT2D eigenvalue weighted by molar-refractivity contribution is -0.143. The van der Waals surface area contributed by atoms with Gasteiger partial charge in [0.1, 0.15) is 0 Å². The van der Waals surface area contributed by atoms with Crippen LogP contribution in [-0.2, 0) is 18.8 Å². The Morgan fingerprint density at radius 3 is 2.15 bits per heavy atom. The molecule has 26 heavy (non-hydrogen) atoms. The molecule has 0 aliphatic carbocycles. The van der Waals surface area contributed by atoms with Crippen LogP contribution in [0.4, 0.5) is 26.3 Å². The van der Waals surface area contributed by atoms with E-state index < -0.39 is 23.5 Å². The van der Waals surface area contributed by atoms with Crippen molar-refractivity contribution in [3.63, 3.8) is 0 Å². The number of hydrogen-bond donors (Lipinski definition) is 1. The molecule has 1 aliphatic heterocycles. The van der Waals surface area contributed by atoms with Gasteiger partial charge in [0.05, 0.1) is 23.7 Å². The number of rotatable bonds is 6. The first kappa shape index (κ1) is 20.4. The van der Waals surface area contributed by atoms with E-state index in [0.29, 0.717) is 6.54 Å². The Labute approximate surface area is 147 Å². The van der Waals surface area contributed by atoms with Gasteiger partial charge in [-0.15, -0.1) is 0 Å². The number of guanidine groups is 1. The van der Waals surface area contributed by atoms with E-state index in [1.165, 1.54) is 0 Å². The van der Waals surface area contributed by atoms with Crippen LogP contribution in [0, 0.1) is 0 Å². The van der Waals surface area contributed by atoms with Crippen molar-refractivity contribution in [3.05, 3.63) is 34.9 Å². The van der Waals surface area contributed by atoms with Crippen molar-refractivity contribution in [2.45, 2.75) is 51.0 Å². The van der Waals surface area contributed by atoms with Gasteiger partial charge in [-0.3, -0.25) is 4.99 Å². The normalized spacial score (nSPS) is 18.3. The molecule has 2 rings (SSSR count). The number of hydrogen-bond acceptors (Lipinski definition) is 3.